The molecule has 0 atom stereocenters. The molecule has 152 valence electrons. The smallest absolute Gasteiger partial charge is 0.255 e. The highest BCUT2D eigenvalue weighted by atomic mass is 16.2. The van der Waals surface area contributed by atoms with E-state index in [1.165, 1.54) is 6.42 Å². The van der Waals surface area contributed by atoms with Crippen molar-refractivity contribution in [2.24, 2.45) is 5.92 Å². The summed E-state index contributed by atoms with van der Waals surface area (Å²) < 4.78 is 0. The summed E-state index contributed by atoms with van der Waals surface area (Å²) in [5, 5.41) is 2.98. The van der Waals surface area contributed by atoms with E-state index in [0.717, 1.165) is 32.4 Å². The van der Waals surface area contributed by atoms with E-state index in [-0.39, 0.29) is 23.6 Å². The van der Waals surface area contributed by atoms with Crippen molar-refractivity contribution in [1.29, 1.82) is 0 Å². The Morgan fingerprint density at radius 1 is 0.964 bits per heavy atom. The molecule has 6 nitrogen and oxygen atoms in total. The largest absolute Gasteiger partial charge is 0.343 e. The number of likely N-dealkylation sites (tertiary alicyclic amines) is 2. The quantitative estimate of drug-likeness (QED) is 0.846. The average molecular weight is 386 g/mol. The topological polar surface area (TPSA) is 69.7 Å². The van der Waals surface area contributed by atoms with Crippen LogP contribution in [-0.2, 0) is 9.59 Å². The number of piperidine rings is 2. The maximum atomic E-state index is 12.9. The zero-order valence-electron chi connectivity index (χ0n) is 16.8. The number of rotatable bonds is 5. The number of nitrogens with one attached hydrogen (secondary N) is 1. The predicted octanol–water partition coefficient (Wildman–Crippen LogP) is 3.29. The number of hydrogen-bond acceptors (Lipinski definition) is 3. The molecular formula is C22H31N3O3. The van der Waals surface area contributed by atoms with E-state index in [9.17, 15) is 14.4 Å². The third-order valence-corrected chi connectivity index (χ3v) is 5.74. The molecule has 0 aliphatic carbocycles. The van der Waals surface area contributed by atoms with Crippen molar-refractivity contribution in [3.63, 3.8) is 0 Å². The molecule has 0 saturated carbocycles. The summed E-state index contributed by atoms with van der Waals surface area (Å²) in [4.78, 5) is 41.4. The highest BCUT2D eigenvalue weighted by Crippen LogP contribution is 2.24. The summed E-state index contributed by atoms with van der Waals surface area (Å²) in [5.74, 6) is -0.000260. The molecule has 0 aromatic heterocycles. The monoisotopic (exact) mass is 385 g/mol. The van der Waals surface area contributed by atoms with E-state index in [0.29, 0.717) is 43.6 Å². The van der Waals surface area contributed by atoms with Crippen LogP contribution in [0.3, 0.4) is 0 Å². The Balaban J connectivity index is 1.60. The molecule has 2 saturated heterocycles. The van der Waals surface area contributed by atoms with Crippen molar-refractivity contribution in [3.8, 4) is 0 Å². The zero-order chi connectivity index (χ0) is 19.9. The van der Waals surface area contributed by atoms with E-state index >= 15 is 0 Å². The van der Waals surface area contributed by atoms with Crippen LogP contribution in [0.25, 0.3) is 0 Å². The van der Waals surface area contributed by atoms with E-state index in [1.54, 1.807) is 12.1 Å². The first-order valence-corrected chi connectivity index (χ1v) is 10.6. The molecule has 0 radical (unpaired) electrons. The number of para-hydroxylation sites is 1. The Hall–Kier alpha value is -2.37. The first kappa shape index (κ1) is 20.4. The Morgan fingerprint density at radius 2 is 1.64 bits per heavy atom. The fourth-order valence-corrected chi connectivity index (χ4v) is 4.04. The van der Waals surface area contributed by atoms with Gasteiger partial charge in [0.1, 0.15) is 0 Å². The highest BCUT2D eigenvalue weighted by molar-refractivity contribution is 6.04. The van der Waals surface area contributed by atoms with Crippen LogP contribution in [0.2, 0.25) is 0 Å². The van der Waals surface area contributed by atoms with E-state index in [2.05, 4.69) is 5.32 Å². The molecule has 3 amide bonds. The normalized spacial score (nSPS) is 18.0. The second-order valence-corrected chi connectivity index (χ2v) is 7.79. The maximum absolute atomic E-state index is 12.9. The van der Waals surface area contributed by atoms with Crippen molar-refractivity contribution in [3.05, 3.63) is 29.8 Å². The minimum atomic E-state index is -0.121. The van der Waals surface area contributed by atoms with Gasteiger partial charge in [-0.1, -0.05) is 19.1 Å². The van der Waals surface area contributed by atoms with Crippen LogP contribution >= 0.6 is 0 Å². The molecule has 0 unspecified atom stereocenters. The van der Waals surface area contributed by atoms with E-state index < -0.39 is 0 Å². The van der Waals surface area contributed by atoms with Gasteiger partial charge in [0.05, 0.1) is 11.3 Å². The number of amides is 3. The van der Waals surface area contributed by atoms with Crippen LogP contribution in [0.4, 0.5) is 5.69 Å². The summed E-state index contributed by atoms with van der Waals surface area (Å²) in [6, 6.07) is 7.27. The molecule has 28 heavy (non-hydrogen) atoms. The molecule has 2 fully saturated rings. The summed E-state index contributed by atoms with van der Waals surface area (Å²) in [5.41, 5.74) is 1.15. The van der Waals surface area contributed by atoms with E-state index in [4.69, 9.17) is 0 Å². The minimum Gasteiger partial charge on any atom is -0.343 e. The van der Waals surface area contributed by atoms with Crippen LogP contribution < -0.4 is 5.32 Å². The molecule has 0 spiro atoms. The Labute approximate surface area is 167 Å². The van der Waals surface area contributed by atoms with Crippen molar-refractivity contribution in [1.82, 2.24) is 9.80 Å². The Bertz CT molecular complexity index is 705. The highest BCUT2D eigenvalue weighted by Gasteiger charge is 2.28. The number of carbonyl (C=O) groups excluding carboxylic acids is 3. The number of anilines is 1. The summed E-state index contributed by atoms with van der Waals surface area (Å²) in [7, 11) is 0. The van der Waals surface area contributed by atoms with Crippen molar-refractivity contribution < 1.29 is 14.4 Å². The van der Waals surface area contributed by atoms with Crippen LogP contribution in [0.1, 0.15) is 62.2 Å². The van der Waals surface area contributed by atoms with Crippen molar-refractivity contribution >= 4 is 23.4 Å². The first-order valence-electron chi connectivity index (χ1n) is 10.6. The molecule has 6 heteroatoms. The number of benzene rings is 1. The van der Waals surface area contributed by atoms with Crippen molar-refractivity contribution in [2.45, 2.75) is 51.9 Å². The molecule has 3 rings (SSSR count). The lowest BCUT2D eigenvalue weighted by molar-refractivity contribution is -0.134. The maximum Gasteiger partial charge on any atom is 0.255 e. The third-order valence-electron chi connectivity index (χ3n) is 5.74. The van der Waals surface area contributed by atoms with Gasteiger partial charge in [-0.05, 0) is 50.7 Å². The third kappa shape index (κ3) is 4.91. The Kier molecular flexibility index (Phi) is 7.06. The van der Waals surface area contributed by atoms with Gasteiger partial charge < -0.3 is 15.1 Å². The predicted molar refractivity (Wildman–Crippen MR) is 109 cm³/mol. The van der Waals surface area contributed by atoms with Gasteiger partial charge in [-0.15, -0.1) is 0 Å². The molecule has 0 bridgehead atoms. The zero-order valence-corrected chi connectivity index (χ0v) is 16.8. The molecule has 2 heterocycles. The van der Waals surface area contributed by atoms with Gasteiger partial charge in [-0.2, -0.15) is 0 Å². The van der Waals surface area contributed by atoms with E-state index in [1.807, 2.05) is 28.9 Å². The van der Waals surface area contributed by atoms with Crippen LogP contribution in [0.5, 0.6) is 0 Å². The minimum absolute atomic E-state index is 0.00409. The molecular weight excluding hydrogens is 354 g/mol. The van der Waals surface area contributed by atoms with Gasteiger partial charge in [0.25, 0.3) is 5.91 Å². The Morgan fingerprint density at radius 3 is 2.32 bits per heavy atom. The summed E-state index contributed by atoms with van der Waals surface area (Å²) in [6.45, 7) is 4.83. The first-order chi connectivity index (χ1) is 13.6. The lowest BCUT2D eigenvalue weighted by Gasteiger charge is -2.31. The van der Waals surface area contributed by atoms with Gasteiger partial charge >= 0.3 is 0 Å². The fourth-order valence-electron chi connectivity index (χ4n) is 4.04. The molecule has 2 aliphatic rings. The van der Waals surface area contributed by atoms with Gasteiger partial charge in [0.2, 0.25) is 11.8 Å². The molecule has 1 N–H and O–H groups in total. The summed E-state index contributed by atoms with van der Waals surface area (Å²) in [6.07, 6.45) is 6.00. The van der Waals surface area contributed by atoms with Crippen LogP contribution in [0.15, 0.2) is 24.3 Å². The van der Waals surface area contributed by atoms with Crippen molar-refractivity contribution in [2.75, 3.05) is 31.5 Å². The number of carbonyl (C=O) groups is 3. The SMILES string of the molecule is CCCC(=O)N1CCC(C(=O)Nc2ccccc2C(=O)N2CCCCC2)CC1. The fraction of sp³-hybridized carbons (Fsp3) is 0.591. The molecule has 1 aromatic carbocycles. The van der Waals surface area contributed by atoms with Gasteiger partial charge in [0.15, 0.2) is 0 Å². The lowest BCUT2D eigenvalue weighted by Crippen LogP contribution is -2.41. The van der Waals surface area contributed by atoms with Crippen LogP contribution in [-0.4, -0.2) is 53.7 Å². The lowest BCUT2D eigenvalue weighted by atomic mass is 9.95. The number of nitrogens with zero attached hydrogens (tertiary/aromatic N) is 2. The molecule has 2 aliphatic heterocycles. The van der Waals surface area contributed by atoms with Gasteiger partial charge in [0, 0.05) is 38.5 Å². The number of hydrogen-bond donors (Lipinski definition) is 1. The summed E-state index contributed by atoms with van der Waals surface area (Å²) >= 11 is 0. The van der Waals surface area contributed by atoms with Crippen LogP contribution in [0, 0.1) is 5.92 Å². The molecule has 1 aromatic rings. The standard InChI is InChI=1S/C22H31N3O3/c1-2-8-20(26)24-15-11-17(12-16-24)21(27)23-19-10-5-4-9-18(19)22(28)25-13-6-3-7-14-25/h4-5,9-10,17H,2-3,6-8,11-16H2,1H3,(H,23,27). The second-order valence-electron chi connectivity index (χ2n) is 7.79. The van der Waals surface area contributed by atoms with Gasteiger partial charge in [-0.3, -0.25) is 14.4 Å². The second kappa shape index (κ2) is 9.71. The average Bonchev–Trinajstić information content (AvgIpc) is 2.74. The van der Waals surface area contributed by atoms with Gasteiger partial charge in [-0.25, -0.2) is 0 Å².